The SMILES string of the molecule is NC1=C(Cl)C(Cl)=C(Cl)C(=O)C1=O. The molecule has 0 amide bonds. The molecule has 3 nitrogen and oxygen atoms in total. The smallest absolute Gasteiger partial charge is 0.251 e. The van der Waals surface area contributed by atoms with Crippen LogP contribution in [0.3, 0.4) is 0 Å². The van der Waals surface area contributed by atoms with Gasteiger partial charge >= 0.3 is 0 Å². The molecule has 0 heterocycles. The molecule has 0 saturated heterocycles. The fourth-order valence-electron chi connectivity index (χ4n) is 0.636. The minimum atomic E-state index is -0.927. The van der Waals surface area contributed by atoms with Crippen LogP contribution in [0.5, 0.6) is 0 Å². The van der Waals surface area contributed by atoms with E-state index in [1.54, 1.807) is 0 Å². The monoisotopic (exact) mass is 225 g/mol. The number of hydrogen-bond acceptors (Lipinski definition) is 3. The van der Waals surface area contributed by atoms with Gasteiger partial charge in [-0.2, -0.15) is 0 Å². The predicted octanol–water partition coefficient (Wildman–Crippen LogP) is 1.24. The zero-order chi connectivity index (χ0) is 9.46. The lowest BCUT2D eigenvalue weighted by atomic mass is 10.1. The third-order valence-electron chi connectivity index (χ3n) is 1.27. The van der Waals surface area contributed by atoms with Gasteiger partial charge in [0.2, 0.25) is 5.78 Å². The summed E-state index contributed by atoms with van der Waals surface area (Å²) >= 11 is 16.3. The van der Waals surface area contributed by atoms with E-state index in [-0.39, 0.29) is 20.8 Å². The highest BCUT2D eigenvalue weighted by molar-refractivity contribution is 6.67. The summed E-state index contributed by atoms with van der Waals surface area (Å²) in [6.45, 7) is 0. The second-order valence-corrected chi connectivity index (χ2v) is 3.15. The van der Waals surface area contributed by atoms with Crippen molar-refractivity contribution in [1.82, 2.24) is 0 Å². The number of Topliss-reactive ketones (excluding diaryl/α,β-unsaturated/α-hetero) is 2. The number of halogens is 3. The molecule has 6 heteroatoms. The van der Waals surface area contributed by atoms with E-state index in [0.717, 1.165) is 0 Å². The number of allylic oxidation sites excluding steroid dienone is 4. The molecule has 0 radical (unpaired) electrons. The molecule has 2 N–H and O–H groups in total. The van der Waals surface area contributed by atoms with Gasteiger partial charge in [0.05, 0.1) is 10.1 Å². The molecule has 1 aliphatic rings. The molecule has 1 aliphatic carbocycles. The molecule has 12 heavy (non-hydrogen) atoms. The Bertz CT molecular complexity index is 293. The van der Waals surface area contributed by atoms with E-state index >= 15 is 0 Å². The molecule has 0 fully saturated rings. The Morgan fingerprint density at radius 2 is 1.33 bits per heavy atom. The zero-order valence-corrected chi connectivity index (χ0v) is 7.80. The zero-order valence-electron chi connectivity index (χ0n) is 5.53. The second-order valence-electron chi connectivity index (χ2n) is 2.01. The molecular formula is C6H2Cl3NO2. The van der Waals surface area contributed by atoms with Gasteiger partial charge in [-0.1, -0.05) is 34.8 Å². The minimum absolute atomic E-state index is 0.175. The van der Waals surface area contributed by atoms with Crippen molar-refractivity contribution in [2.75, 3.05) is 0 Å². The van der Waals surface area contributed by atoms with E-state index in [0.29, 0.717) is 0 Å². The summed E-state index contributed by atoms with van der Waals surface area (Å²) in [6, 6.07) is 0. The Labute approximate surface area is 82.8 Å². The van der Waals surface area contributed by atoms with E-state index in [1.807, 2.05) is 0 Å². The first-order chi connectivity index (χ1) is 5.46. The van der Waals surface area contributed by atoms with Crippen molar-refractivity contribution in [2.45, 2.75) is 0 Å². The first kappa shape index (κ1) is 9.58. The van der Waals surface area contributed by atoms with Crippen molar-refractivity contribution in [3.05, 3.63) is 20.8 Å². The molecule has 0 aromatic heterocycles. The maximum atomic E-state index is 10.9. The van der Waals surface area contributed by atoms with Crippen LogP contribution < -0.4 is 5.73 Å². The Kier molecular flexibility index (Phi) is 2.46. The predicted molar refractivity (Wildman–Crippen MR) is 45.8 cm³/mol. The number of carbonyl (C=O) groups is 2. The van der Waals surface area contributed by atoms with Gasteiger partial charge in [-0.25, -0.2) is 0 Å². The lowest BCUT2D eigenvalue weighted by Crippen LogP contribution is -2.26. The average molecular weight is 226 g/mol. The van der Waals surface area contributed by atoms with Gasteiger partial charge in [0.25, 0.3) is 5.78 Å². The number of nitrogens with two attached hydrogens (primary N) is 1. The van der Waals surface area contributed by atoms with Gasteiger partial charge in [-0.15, -0.1) is 0 Å². The molecule has 0 unspecified atom stereocenters. The molecular weight excluding hydrogens is 224 g/mol. The Morgan fingerprint density at radius 3 is 1.83 bits per heavy atom. The van der Waals surface area contributed by atoms with Crippen LogP contribution in [-0.4, -0.2) is 11.6 Å². The van der Waals surface area contributed by atoms with Crippen LogP contribution in [0.15, 0.2) is 20.8 Å². The summed E-state index contributed by atoms with van der Waals surface area (Å²) in [4.78, 5) is 21.8. The van der Waals surface area contributed by atoms with Crippen molar-refractivity contribution in [3.8, 4) is 0 Å². The van der Waals surface area contributed by atoms with E-state index in [1.165, 1.54) is 0 Å². The Hall–Kier alpha value is -0.510. The van der Waals surface area contributed by atoms with Crippen molar-refractivity contribution < 1.29 is 9.59 Å². The highest BCUT2D eigenvalue weighted by atomic mass is 35.5. The van der Waals surface area contributed by atoms with Crippen molar-refractivity contribution in [1.29, 1.82) is 0 Å². The van der Waals surface area contributed by atoms with Gasteiger partial charge in [-0.05, 0) is 0 Å². The number of hydrogen-bond donors (Lipinski definition) is 1. The van der Waals surface area contributed by atoms with Gasteiger partial charge in [0.15, 0.2) is 0 Å². The molecule has 0 aliphatic heterocycles. The molecule has 0 saturated carbocycles. The Morgan fingerprint density at radius 1 is 0.833 bits per heavy atom. The first-order valence-electron chi connectivity index (χ1n) is 2.76. The highest BCUT2D eigenvalue weighted by Crippen LogP contribution is 2.31. The standard InChI is InChI=1S/C6H2Cl3NO2/c7-1-2(8)4(10)6(12)5(11)3(1)9/h10H2. The number of ketones is 2. The van der Waals surface area contributed by atoms with Gasteiger partial charge in [-0.3, -0.25) is 9.59 Å². The quantitative estimate of drug-likeness (QED) is 0.499. The highest BCUT2D eigenvalue weighted by Gasteiger charge is 2.31. The van der Waals surface area contributed by atoms with Crippen LogP contribution in [-0.2, 0) is 9.59 Å². The molecule has 0 spiro atoms. The average Bonchev–Trinajstić information content (AvgIpc) is 2.08. The van der Waals surface area contributed by atoms with Gasteiger partial charge in [0, 0.05) is 0 Å². The summed E-state index contributed by atoms with van der Waals surface area (Å²) in [5.41, 5.74) is 4.80. The molecule has 1 rings (SSSR count). The summed E-state index contributed by atoms with van der Waals surface area (Å²) in [6.07, 6.45) is 0. The largest absolute Gasteiger partial charge is 0.394 e. The molecule has 0 atom stereocenters. The van der Waals surface area contributed by atoms with Gasteiger partial charge in [0.1, 0.15) is 10.7 Å². The summed E-state index contributed by atoms with van der Waals surface area (Å²) in [5.74, 6) is -1.85. The van der Waals surface area contributed by atoms with Crippen LogP contribution in [0, 0.1) is 0 Å². The molecule has 0 bridgehead atoms. The van der Waals surface area contributed by atoms with E-state index in [2.05, 4.69) is 0 Å². The number of carbonyl (C=O) groups excluding carboxylic acids is 2. The maximum Gasteiger partial charge on any atom is 0.251 e. The van der Waals surface area contributed by atoms with E-state index in [9.17, 15) is 9.59 Å². The Balaban J connectivity index is 3.37. The topological polar surface area (TPSA) is 60.2 Å². The number of rotatable bonds is 0. The third kappa shape index (κ3) is 1.24. The van der Waals surface area contributed by atoms with Crippen molar-refractivity contribution >= 4 is 46.4 Å². The fraction of sp³-hybridized carbons (Fsp3) is 0. The molecule has 0 aromatic carbocycles. The van der Waals surface area contributed by atoms with Crippen LogP contribution >= 0.6 is 34.8 Å². The van der Waals surface area contributed by atoms with Crippen LogP contribution in [0.25, 0.3) is 0 Å². The van der Waals surface area contributed by atoms with Crippen molar-refractivity contribution in [2.24, 2.45) is 5.73 Å². The summed E-state index contributed by atoms with van der Waals surface area (Å²) in [5, 5.41) is -0.743. The lowest BCUT2D eigenvalue weighted by Gasteiger charge is -2.10. The first-order valence-corrected chi connectivity index (χ1v) is 3.90. The second kappa shape index (κ2) is 3.09. The maximum absolute atomic E-state index is 10.9. The normalized spacial score (nSPS) is 19.2. The lowest BCUT2D eigenvalue weighted by molar-refractivity contribution is -0.131. The van der Waals surface area contributed by atoms with Gasteiger partial charge < -0.3 is 5.73 Å². The van der Waals surface area contributed by atoms with E-state index < -0.39 is 11.6 Å². The summed E-state index contributed by atoms with van der Waals surface area (Å²) < 4.78 is 0. The fourth-order valence-corrected chi connectivity index (χ4v) is 1.23. The van der Waals surface area contributed by atoms with Crippen LogP contribution in [0.4, 0.5) is 0 Å². The minimum Gasteiger partial charge on any atom is -0.394 e. The van der Waals surface area contributed by atoms with Crippen LogP contribution in [0.1, 0.15) is 0 Å². The summed E-state index contributed by atoms with van der Waals surface area (Å²) in [7, 11) is 0. The third-order valence-corrected chi connectivity index (χ3v) is 2.60. The van der Waals surface area contributed by atoms with E-state index in [4.69, 9.17) is 40.5 Å². The van der Waals surface area contributed by atoms with Crippen molar-refractivity contribution in [3.63, 3.8) is 0 Å². The van der Waals surface area contributed by atoms with Crippen LogP contribution in [0.2, 0.25) is 0 Å². The molecule has 0 aromatic rings. The molecule has 64 valence electrons.